The van der Waals surface area contributed by atoms with E-state index in [0.29, 0.717) is 0 Å². The summed E-state index contributed by atoms with van der Waals surface area (Å²) in [5, 5.41) is 16.9. The van der Waals surface area contributed by atoms with Crippen molar-refractivity contribution >= 4 is 23.1 Å². The molecule has 3 aromatic rings. The number of aryl methyl sites for hydroxylation is 1. The fourth-order valence-corrected chi connectivity index (χ4v) is 4.88. The lowest BCUT2D eigenvalue weighted by molar-refractivity contribution is 0.0133. The van der Waals surface area contributed by atoms with Gasteiger partial charge < -0.3 is 5.11 Å². The summed E-state index contributed by atoms with van der Waals surface area (Å²) in [6.07, 6.45) is 3.61. The molecule has 0 amide bonds. The Morgan fingerprint density at radius 2 is 2.19 bits per heavy atom. The summed E-state index contributed by atoms with van der Waals surface area (Å²) in [4.78, 5) is 8.36. The van der Waals surface area contributed by atoms with Crippen LogP contribution in [0.15, 0.2) is 40.6 Å². The van der Waals surface area contributed by atoms with Crippen LogP contribution < -0.4 is 0 Å². The Morgan fingerprint density at radius 3 is 2.81 bits per heavy atom. The number of thioether (sulfide) groups is 1. The normalized spacial score (nSPS) is 15.0. The van der Waals surface area contributed by atoms with Crippen LogP contribution in [-0.2, 0) is 18.6 Å². The monoisotopic (exact) mass is 396 g/mol. The van der Waals surface area contributed by atoms with Gasteiger partial charge in [0, 0.05) is 22.3 Å². The summed E-state index contributed by atoms with van der Waals surface area (Å²) in [6.45, 7) is 3.79. The van der Waals surface area contributed by atoms with Crippen molar-refractivity contribution in [3.05, 3.63) is 59.1 Å². The highest BCUT2D eigenvalue weighted by Gasteiger charge is 2.40. The zero-order valence-electron chi connectivity index (χ0n) is 14.3. The Balaban J connectivity index is 1.95. The Morgan fingerprint density at radius 1 is 1.38 bits per heavy atom. The third-order valence-electron chi connectivity index (χ3n) is 4.11. The van der Waals surface area contributed by atoms with Gasteiger partial charge in [-0.1, -0.05) is 24.8 Å². The molecule has 2 heterocycles. The van der Waals surface area contributed by atoms with Crippen molar-refractivity contribution in [2.24, 2.45) is 0 Å². The van der Waals surface area contributed by atoms with Gasteiger partial charge in [0.25, 0.3) is 0 Å². The maximum atomic E-state index is 14.5. The molecule has 0 bridgehead atoms. The second kappa shape index (κ2) is 7.81. The number of nitrogens with zero attached hydrogens (tertiary/aromatic N) is 4. The molecule has 138 valence electrons. The highest BCUT2D eigenvalue weighted by atomic mass is 32.2. The fourth-order valence-electron chi connectivity index (χ4n) is 2.59. The molecule has 0 radical (unpaired) electrons. The van der Waals surface area contributed by atoms with E-state index < -0.39 is 22.5 Å². The topological polar surface area (TPSA) is 63.8 Å². The first-order valence-corrected chi connectivity index (χ1v) is 9.79. The molecule has 2 aromatic heterocycles. The quantitative estimate of drug-likeness (QED) is 0.618. The molecular weight excluding hydrogens is 378 g/mol. The number of hydrogen-bond donors (Lipinski definition) is 1. The number of rotatable bonds is 7. The average Bonchev–Trinajstić information content (AvgIpc) is 3.26. The molecule has 0 aliphatic carbocycles. The first kappa shape index (κ1) is 18.9. The van der Waals surface area contributed by atoms with Crippen LogP contribution in [0.1, 0.15) is 25.1 Å². The molecule has 0 aliphatic rings. The highest BCUT2D eigenvalue weighted by molar-refractivity contribution is 8.01. The minimum absolute atomic E-state index is 0.0154. The second-order valence-electron chi connectivity index (χ2n) is 5.86. The van der Waals surface area contributed by atoms with Crippen molar-refractivity contribution in [1.82, 2.24) is 19.7 Å². The highest BCUT2D eigenvalue weighted by Crippen LogP contribution is 2.40. The van der Waals surface area contributed by atoms with Gasteiger partial charge in [0.1, 0.15) is 34.2 Å². The third kappa shape index (κ3) is 3.94. The standard InChI is InChI=1S/C17H18F2N4OS2/c1-3-13-7-25-16(22-13)26-11(2)17(24,8-23-10-20-9-21-23)14-5-4-12(18)6-15(14)19/h4-7,9-11,24H,3,8H2,1-2H3/t11-,17-/m1/s1. The fraction of sp³-hybridized carbons (Fsp3) is 0.353. The van der Waals surface area contributed by atoms with Gasteiger partial charge in [-0.2, -0.15) is 5.10 Å². The molecule has 0 saturated heterocycles. The van der Waals surface area contributed by atoms with E-state index in [4.69, 9.17) is 0 Å². The van der Waals surface area contributed by atoms with E-state index in [1.54, 1.807) is 6.92 Å². The molecule has 0 spiro atoms. The van der Waals surface area contributed by atoms with Gasteiger partial charge in [-0.15, -0.1) is 11.3 Å². The van der Waals surface area contributed by atoms with E-state index in [1.165, 1.54) is 46.5 Å². The van der Waals surface area contributed by atoms with Crippen molar-refractivity contribution in [1.29, 1.82) is 0 Å². The zero-order valence-corrected chi connectivity index (χ0v) is 15.9. The first-order valence-electron chi connectivity index (χ1n) is 8.03. The van der Waals surface area contributed by atoms with Crippen LogP contribution in [0.25, 0.3) is 0 Å². The maximum Gasteiger partial charge on any atom is 0.150 e. The smallest absolute Gasteiger partial charge is 0.150 e. The van der Waals surface area contributed by atoms with Crippen LogP contribution in [-0.4, -0.2) is 30.1 Å². The molecule has 2 atom stereocenters. The lowest BCUT2D eigenvalue weighted by Gasteiger charge is -2.34. The van der Waals surface area contributed by atoms with Gasteiger partial charge in [-0.3, -0.25) is 0 Å². The van der Waals surface area contributed by atoms with E-state index in [9.17, 15) is 13.9 Å². The molecule has 0 fully saturated rings. The number of thiazole rings is 1. The summed E-state index contributed by atoms with van der Waals surface area (Å²) >= 11 is 2.83. The van der Waals surface area contributed by atoms with E-state index in [0.717, 1.165) is 28.6 Å². The lowest BCUT2D eigenvalue weighted by atomic mass is 9.90. The SMILES string of the molecule is CCc1csc(S[C@H](C)[C@](O)(Cn2cncn2)c2ccc(F)cc2F)n1. The Labute approximate surface area is 158 Å². The van der Waals surface area contributed by atoms with Gasteiger partial charge in [-0.25, -0.2) is 23.4 Å². The van der Waals surface area contributed by atoms with Crippen molar-refractivity contribution in [2.45, 2.75) is 42.0 Å². The molecule has 26 heavy (non-hydrogen) atoms. The molecule has 5 nitrogen and oxygen atoms in total. The molecule has 1 aromatic carbocycles. The van der Waals surface area contributed by atoms with E-state index >= 15 is 0 Å². The summed E-state index contributed by atoms with van der Waals surface area (Å²) in [7, 11) is 0. The first-order chi connectivity index (χ1) is 12.4. The molecule has 0 saturated carbocycles. The van der Waals surface area contributed by atoms with Gasteiger partial charge >= 0.3 is 0 Å². The predicted molar refractivity (Wildman–Crippen MR) is 97.1 cm³/mol. The summed E-state index contributed by atoms with van der Waals surface area (Å²) in [5.41, 5.74) is -0.645. The summed E-state index contributed by atoms with van der Waals surface area (Å²) in [5.74, 6) is -1.49. The van der Waals surface area contributed by atoms with Crippen LogP contribution >= 0.6 is 23.1 Å². The van der Waals surface area contributed by atoms with Crippen LogP contribution in [0, 0.1) is 11.6 Å². The number of halogens is 2. The van der Waals surface area contributed by atoms with Crippen molar-refractivity contribution < 1.29 is 13.9 Å². The van der Waals surface area contributed by atoms with E-state index in [1.807, 2.05) is 12.3 Å². The maximum absolute atomic E-state index is 14.5. The number of aromatic nitrogens is 4. The average molecular weight is 396 g/mol. The molecule has 1 N–H and O–H groups in total. The molecule has 9 heteroatoms. The molecule has 3 rings (SSSR count). The van der Waals surface area contributed by atoms with Gasteiger partial charge in [0.05, 0.1) is 12.2 Å². The second-order valence-corrected chi connectivity index (χ2v) is 8.31. The minimum Gasteiger partial charge on any atom is -0.382 e. The van der Waals surface area contributed by atoms with Crippen LogP contribution in [0.5, 0.6) is 0 Å². The van der Waals surface area contributed by atoms with Gasteiger partial charge in [-0.05, 0) is 19.4 Å². The predicted octanol–water partition coefficient (Wildman–Crippen LogP) is 3.64. The van der Waals surface area contributed by atoms with Crippen molar-refractivity contribution in [2.75, 3.05) is 0 Å². The number of hydrogen-bond acceptors (Lipinski definition) is 6. The summed E-state index contributed by atoms with van der Waals surface area (Å²) in [6, 6.07) is 3.19. The van der Waals surface area contributed by atoms with E-state index in [2.05, 4.69) is 15.1 Å². The van der Waals surface area contributed by atoms with Crippen LogP contribution in [0.3, 0.4) is 0 Å². The lowest BCUT2D eigenvalue weighted by Crippen LogP contribution is -2.41. The largest absolute Gasteiger partial charge is 0.382 e. The molecular formula is C17H18F2N4OS2. The van der Waals surface area contributed by atoms with Gasteiger partial charge in [0.2, 0.25) is 0 Å². The third-order valence-corrected chi connectivity index (χ3v) is 6.41. The van der Waals surface area contributed by atoms with Crippen LogP contribution in [0.2, 0.25) is 0 Å². The van der Waals surface area contributed by atoms with Crippen molar-refractivity contribution in [3.8, 4) is 0 Å². The van der Waals surface area contributed by atoms with Crippen LogP contribution in [0.4, 0.5) is 8.78 Å². The van der Waals surface area contributed by atoms with E-state index in [-0.39, 0.29) is 12.1 Å². The number of benzene rings is 1. The Hall–Kier alpha value is -1.84. The van der Waals surface area contributed by atoms with Gasteiger partial charge in [0.15, 0.2) is 0 Å². The zero-order chi connectivity index (χ0) is 18.7. The van der Waals surface area contributed by atoms with Crippen molar-refractivity contribution in [3.63, 3.8) is 0 Å². The number of aliphatic hydroxyl groups is 1. The molecule has 0 unspecified atom stereocenters. The molecule has 0 aliphatic heterocycles. The minimum atomic E-state index is -1.63. The Bertz CT molecular complexity index is 872. The Kier molecular flexibility index (Phi) is 5.69. The summed E-state index contributed by atoms with van der Waals surface area (Å²) < 4.78 is 30.0.